The summed E-state index contributed by atoms with van der Waals surface area (Å²) in [5, 5.41) is 0. The molecular formula is C64H100N2. The van der Waals surface area contributed by atoms with Crippen molar-refractivity contribution in [2.75, 3.05) is 11.5 Å². The van der Waals surface area contributed by atoms with E-state index in [-0.39, 0.29) is 0 Å². The Kier molecular flexibility index (Phi) is 30.5. The van der Waals surface area contributed by atoms with Gasteiger partial charge in [-0.25, -0.2) is 0 Å². The molecule has 4 rings (SSSR count). The number of nitrogens with two attached hydrogens (primary N) is 2. The van der Waals surface area contributed by atoms with E-state index < -0.39 is 0 Å². The van der Waals surface area contributed by atoms with Gasteiger partial charge < -0.3 is 11.5 Å². The van der Waals surface area contributed by atoms with Gasteiger partial charge in [0.1, 0.15) is 0 Å². The number of hydrogen-bond donors (Lipinski definition) is 2. The van der Waals surface area contributed by atoms with Crippen molar-refractivity contribution in [1.82, 2.24) is 0 Å². The van der Waals surface area contributed by atoms with Gasteiger partial charge in [-0.3, -0.25) is 0 Å². The molecule has 66 heavy (non-hydrogen) atoms. The van der Waals surface area contributed by atoms with Crippen LogP contribution in [0.2, 0.25) is 0 Å². The normalized spacial score (nSPS) is 12.5. The van der Waals surface area contributed by atoms with Gasteiger partial charge in [0.15, 0.2) is 0 Å². The Morgan fingerprint density at radius 3 is 0.727 bits per heavy atom. The van der Waals surface area contributed by atoms with Crippen LogP contribution < -0.4 is 11.5 Å². The second-order valence-corrected chi connectivity index (χ2v) is 20.6. The largest absolute Gasteiger partial charge is 0.399 e. The van der Waals surface area contributed by atoms with Crippen LogP contribution in [-0.4, -0.2) is 0 Å². The fourth-order valence-electron chi connectivity index (χ4n) is 10.4. The van der Waals surface area contributed by atoms with E-state index in [1.54, 1.807) is 0 Å². The maximum Gasteiger partial charge on any atom is 0.0314 e. The third-order valence-corrected chi connectivity index (χ3v) is 14.8. The molecule has 0 bridgehead atoms. The average Bonchev–Trinajstić information content (AvgIpc) is 3.34. The van der Waals surface area contributed by atoms with E-state index in [9.17, 15) is 0 Å². The lowest BCUT2D eigenvalue weighted by atomic mass is 9.86. The highest BCUT2D eigenvalue weighted by Gasteiger charge is 2.16. The summed E-state index contributed by atoms with van der Waals surface area (Å²) in [6.45, 7) is 4.60. The fraction of sp³-hybridized carbons (Fsp3) is 0.625. The van der Waals surface area contributed by atoms with Crippen LogP contribution >= 0.6 is 0 Å². The van der Waals surface area contributed by atoms with Gasteiger partial charge in [0.25, 0.3) is 0 Å². The van der Waals surface area contributed by atoms with Gasteiger partial charge in [-0.05, 0) is 96.2 Å². The Morgan fingerprint density at radius 1 is 0.258 bits per heavy atom. The molecule has 0 aromatic heterocycles. The van der Waals surface area contributed by atoms with Crippen LogP contribution in [0.3, 0.4) is 0 Å². The Hall–Kier alpha value is -3.52. The number of rotatable bonds is 41. The highest BCUT2D eigenvalue weighted by molar-refractivity contribution is 5.44. The van der Waals surface area contributed by atoms with Crippen molar-refractivity contribution in [3.05, 3.63) is 130 Å². The Morgan fingerprint density at radius 2 is 0.470 bits per heavy atom. The molecule has 366 valence electrons. The molecule has 4 N–H and O–H groups in total. The first-order chi connectivity index (χ1) is 32.6. The summed E-state index contributed by atoms with van der Waals surface area (Å²) in [6.07, 6.45) is 49.3. The van der Waals surface area contributed by atoms with Crippen LogP contribution in [0, 0.1) is 0 Å². The third kappa shape index (κ3) is 24.5. The maximum atomic E-state index is 6.04. The molecule has 0 amide bonds. The van der Waals surface area contributed by atoms with Crippen molar-refractivity contribution in [2.45, 2.75) is 257 Å². The quantitative estimate of drug-likeness (QED) is 0.0344. The molecule has 2 heteroatoms. The molecule has 0 radical (unpaired) electrons. The first-order valence-electron chi connectivity index (χ1n) is 28.5. The molecule has 0 saturated heterocycles. The molecule has 0 heterocycles. The van der Waals surface area contributed by atoms with Crippen molar-refractivity contribution in [1.29, 1.82) is 0 Å². The number of benzene rings is 4. The fourth-order valence-corrected chi connectivity index (χ4v) is 10.4. The summed E-state index contributed by atoms with van der Waals surface area (Å²) < 4.78 is 0. The molecular weight excluding hydrogens is 797 g/mol. The Bertz CT molecular complexity index is 1560. The van der Waals surface area contributed by atoms with Gasteiger partial charge in [-0.1, -0.05) is 279 Å². The van der Waals surface area contributed by atoms with Crippen molar-refractivity contribution in [2.24, 2.45) is 0 Å². The van der Waals surface area contributed by atoms with Crippen LogP contribution in [0.5, 0.6) is 0 Å². The first-order valence-corrected chi connectivity index (χ1v) is 28.5. The van der Waals surface area contributed by atoms with E-state index in [1.807, 2.05) is 0 Å². The zero-order valence-electron chi connectivity index (χ0n) is 43.0. The van der Waals surface area contributed by atoms with Crippen molar-refractivity contribution in [3.8, 4) is 0 Å². The van der Waals surface area contributed by atoms with Gasteiger partial charge in [0, 0.05) is 23.2 Å². The van der Waals surface area contributed by atoms with E-state index in [2.05, 4.69) is 111 Å². The molecule has 0 aliphatic heterocycles. The molecule has 2 unspecified atom stereocenters. The monoisotopic (exact) mass is 897 g/mol. The van der Waals surface area contributed by atoms with E-state index in [0.29, 0.717) is 11.8 Å². The summed E-state index contributed by atoms with van der Waals surface area (Å²) >= 11 is 0. The molecule has 0 aliphatic rings. The molecule has 4 aromatic rings. The highest BCUT2D eigenvalue weighted by Crippen LogP contribution is 2.33. The SMILES string of the molecule is CCCCCCCCCC(c1ccc(N)cc1)c1ccc(CCCCCCCCCCCCCCCCCCCCc2ccc(C(CCCCCCCCC)c3ccc(N)cc3)cc2)cc1. The second kappa shape index (κ2) is 36.5. The van der Waals surface area contributed by atoms with Crippen LogP contribution in [0.1, 0.15) is 277 Å². The van der Waals surface area contributed by atoms with Crippen molar-refractivity contribution < 1.29 is 0 Å². The summed E-state index contributed by atoms with van der Waals surface area (Å²) in [5.74, 6) is 0.943. The topological polar surface area (TPSA) is 52.0 Å². The average molecular weight is 898 g/mol. The number of aryl methyl sites for hydroxylation is 2. The Balaban J connectivity index is 0.938. The summed E-state index contributed by atoms with van der Waals surface area (Å²) in [4.78, 5) is 0. The predicted molar refractivity (Wildman–Crippen MR) is 294 cm³/mol. The molecule has 2 atom stereocenters. The van der Waals surface area contributed by atoms with E-state index in [4.69, 9.17) is 11.5 Å². The lowest BCUT2D eigenvalue weighted by molar-refractivity contribution is 0.524. The van der Waals surface area contributed by atoms with E-state index in [1.165, 1.54) is 265 Å². The van der Waals surface area contributed by atoms with Gasteiger partial charge in [0.05, 0.1) is 0 Å². The maximum absolute atomic E-state index is 6.04. The zero-order chi connectivity index (χ0) is 46.5. The number of unbranched alkanes of at least 4 members (excludes halogenated alkanes) is 29. The van der Waals surface area contributed by atoms with Crippen LogP contribution in [-0.2, 0) is 12.8 Å². The summed E-state index contributed by atoms with van der Waals surface area (Å²) in [7, 11) is 0. The van der Waals surface area contributed by atoms with Gasteiger partial charge >= 0.3 is 0 Å². The predicted octanol–water partition coefficient (Wildman–Crippen LogP) is 20.2. The highest BCUT2D eigenvalue weighted by atomic mass is 14.5. The van der Waals surface area contributed by atoms with Gasteiger partial charge in [-0.15, -0.1) is 0 Å². The summed E-state index contributed by atoms with van der Waals surface area (Å²) in [5.41, 5.74) is 22.6. The summed E-state index contributed by atoms with van der Waals surface area (Å²) in [6, 6.07) is 36.6. The number of hydrogen-bond acceptors (Lipinski definition) is 2. The van der Waals surface area contributed by atoms with Crippen molar-refractivity contribution in [3.63, 3.8) is 0 Å². The smallest absolute Gasteiger partial charge is 0.0314 e. The first kappa shape index (κ1) is 55.1. The minimum absolute atomic E-state index is 0.471. The molecule has 2 nitrogen and oxygen atoms in total. The lowest BCUT2D eigenvalue weighted by Gasteiger charge is -2.19. The number of anilines is 2. The van der Waals surface area contributed by atoms with Crippen LogP contribution in [0.15, 0.2) is 97.1 Å². The Labute approximate surface area is 408 Å². The molecule has 0 aliphatic carbocycles. The molecule has 0 fully saturated rings. The van der Waals surface area contributed by atoms with Crippen molar-refractivity contribution >= 4 is 11.4 Å². The van der Waals surface area contributed by atoms with E-state index >= 15 is 0 Å². The molecule has 4 aromatic carbocycles. The second-order valence-electron chi connectivity index (χ2n) is 20.6. The zero-order valence-corrected chi connectivity index (χ0v) is 43.0. The lowest BCUT2D eigenvalue weighted by Crippen LogP contribution is -2.02. The number of nitrogen functional groups attached to an aromatic ring is 2. The minimum Gasteiger partial charge on any atom is -0.399 e. The molecule has 0 saturated carbocycles. The standard InChI is InChI=1S/C64H100N2/c1-3-5-7-9-23-29-33-37-63(59-47-51-61(65)52-48-59)57-43-39-55(40-44-57)35-31-27-25-21-19-17-15-13-11-12-14-16-18-20-22-26-28-32-36-56-41-45-58(46-42-56)64(60-49-53-62(66)54-50-60)38-34-30-24-10-8-6-4-2/h39-54,63-64H,3-38,65-66H2,1-2H3. The molecule has 0 spiro atoms. The van der Waals surface area contributed by atoms with Gasteiger partial charge in [0.2, 0.25) is 0 Å². The van der Waals surface area contributed by atoms with Gasteiger partial charge in [-0.2, -0.15) is 0 Å². The van der Waals surface area contributed by atoms with Crippen LogP contribution in [0.25, 0.3) is 0 Å². The third-order valence-electron chi connectivity index (χ3n) is 14.8. The van der Waals surface area contributed by atoms with Crippen LogP contribution in [0.4, 0.5) is 11.4 Å². The van der Waals surface area contributed by atoms with E-state index in [0.717, 1.165) is 11.4 Å². The minimum atomic E-state index is 0.471.